The lowest BCUT2D eigenvalue weighted by molar-refractivity contribution is -0.114. The molecule has 1 N–H and O–H groups in total. The van der Waals surface area contributed by atoms with Gasteiger partial charge in [-0.2, -0.15) is 0 Å². The number of fused-ring (bicyclic) bond motifs is 1. The van der Waals surface area contributed by atoms with E-state index in [1.54, 1.807) is 6.08 Å². The molecule has 2 aliphatic rings. The first-order valence-electron chi connectivity index (χ1n) is 5.16. The highest BCUT2D eigenvalue weighted by atomic mass is 16.1. The summed E-state index contributed by atoms with van der Waals surface area (Å²) in [6.07, 6.45) is 4.55. The molecule has 3 atom stereocenters. The van der Waals surface area contributed by atoms with Gasteiger partial charge in [0.15, 0.2) is 0 Å². The molecule has 0 aromatic carbocycles. The molecule has 15 heavy (non-hydrogen) atoms. The average molecular weight is 191 g/mol. The van der Waals surface area contributed by atoms with Gasteiger partial charge in [0.25, 0.3) is 0 Å². The van der Waals surface area contributed by atoms with Crippen LogP contribution >= 0.6 is 0 Å². The fourth-order valence-corrected chi connectivity index (χ4v) is 2.07. The van der Waals surface area contributed by atoms with Gasteiger partial charge in [-0.3, -0.25) is 4.79 Å². The minimum absolute atomic E-state index is 0.165. The Morgan fingerprint density at radius 2 is 2.20 bits per heavy atom. The van der Waals surface area contributed by atoms with Crippen LogP contribution in [0.15, 0.2) is 12.2 Å². The molecule has 1 saturated heterocycles. The Hall–Kier alpha value is -0.370. The molecule has 1 fully saturated rings. The molecule has 1 aliphatic heterocycles. The van der Waals surface area contributed by atoms with E-state index in [0.717, 1.165) is 6.42 Å². The maximum Gasteiger partial charge on any atom is 0.150 e. The molecule has 1 aliphatic carbocycles. The average Bonchev–Trinajstić information content (AvgIpc) is 2.87. The second kappa shape index (κ2) is 3.89. The summed E-state index contributed by atoms with van der Waals surface area (Å²) in [4.78, 5) is 11.2. The minimum Gasteiger partial charge on any atom is -0.336 e. The summed E-state index contributed by atoms with van der Waals surface area (Å²) in [5, 5.41) is 1.52. The Bertz CT molecular complexity index is 299. The highest BCUT2D eigenvalue weighted by molar-refractivity contribution is 6.62. The van der Waals surface area contributed by atoms with E-state index >= 15 is 0 Å². The second-order valence-corrected chi connectivity index (χ2v) is 4.37. The van der Waals surface area contributed by atoms with Gasteiger partial charge < -0.3 is 5.32 Å². The molecular weight excluding hydrogens is 181 g/mol. The van der Waals surface area contributed by atoms with Crippen molar-refractivity contribution in [2.45, 2.75) is 23.3 Å². The summed E-state index contributed by atoms with van der Waals surface area (Å²) >= 11 is 0. The van der Waals surface area contributed by atoms with Crippen LogP contribution in [0.1, 0.15) is 6.42 Å². The molecule has 0 saturated carbocycles. The van der Waals surface area contributed by atoms with Crippen LogP contribution in [0.25, 0.3) is 0 Å². The van der Waals surface area contributed by atoms with E-state index in [-0.39, 0.29) is 11.6 Å². The third-order valence-electron chi connectivity index (χ3n) is 2.94. The predicted molar refractivity (Wildman–Crippen MR) is 63.5 cm³/mol. The first kappa shape index (κ1) is 11.1. The van der Waals surface area contributed by atoms with Gasteiger partial charge in [0, 0.05) is 0 Å². The van der Waals surface area contributed by atoms with Gasteiger partial charge in [0.05, 0.1) is 23.5 Å². The Balaban J connectivity index is 1.77. The van der Waals surface area contributed by atoms with Crippen LogP contribution in [0.3, 0.4) is 0 Å². The molecular formula is C9H10B4NO. The summed E-state index contributed by atoms with van der Waals surface area (Å²) in [5.74, 6) is 1.24. The van der Waals surface area contributed by atoms with Gasteiger partial charge in [-0.05, 0) is 30.8 Å². The van der Waals surface area contributed by atoms with Gasteiger partial charge in [-0.1, -0.05) is 17.1 Å². The number of carbonyl (C=O) groups is 1. The second-order valence-electron chi connectivity index (χ2n) is 4.37. The molecule has 7 radical (unpaired) electrons. The fourth-order valence-electron chi connectivity index (χ4n) is 2.07. The Kier molecular flexibility index (Phi) is 2.89. The number of hydrogen-bond donors (Lipinski definition) is 1. The molecule has 69 valence electrons. The van der Waals surface area contributed by atoms with Crippen molar-refractivity contribution in [3.63, 3.8) is 0 Å². The van der Waals surface area contributed by atoms with E-state index in [2.05, 4.69) is 12.6 Å². The van der Waals surface area contributed by atoms with Gasteiger partial charge in [0.1, 0.15) is 13.1 Å². The smallest absolute Gasteiger partial charge is 0.150 e. The zero-order chi connectivity index (χ0) is 11.1. The molecule has 1 heterocycles. The van der Waals surface area contributed by atoms with E-state index in [0.29, 0.717) is 18.3 Å². The van der Waals surface area contributed by atoms with Crippen molar-refractivity contribution >= 4 is 36.6 Å². The number of carbonyl (C=O) groups excluding carboxylic acids is 1. The Morgan fingerprint density at radius 1 is 1.47 bits per heavy atom. The quantitative estimate of drug-likeness (QED) is 0.586. The lowest BCUT2D eigenvalue weighted by Crippen LogP contribution is -2.47. The lowest BCUT2D eigenvalue weighted by atomic mass is 9.49. The van der Waals surface area contributed by atoms with Crippen LogP contribution in [0.4, 0.5) is 0 Å². The first-order valence-corrected chi connectivity index (χ1v) is 5.16. The van der Waals surface area contributed by atoms with Crippen LogP contribution in [-0.4, -0.2) is 48.4 Å². The maximum absolute atomic E-state index is 11.2. The monoisotopic (exact) mass is 192 g/mol. The van der Waals surface area contributed by atoms with Crippen molar-refractivity contribution in [3.8, 4) is 0 Å². The van der Waals surface area contributed by atoms with Gasteiger partial charge in [-0.25, -0.2) is 0 Å². The van der Waals surface area contributed by atoms with E-state index in [1.807, 2.05) is 6.08 Å². The van der Waals surface area contributed by atoms with Crippen molar-refractivity contribution in [1.82, 2.24) is 5.32 Å². The molecule has 3 unspecified atom stereocenters. The molecule has 2 rings (SSSR count). The third kappa shape index (κ3) is 2.81. The fraction of sp³-hybridized carbons (Fsp3) is 0.667. The number of rotatable bonds is 4. The summed E-state index contributed by atoms with van der Waals surface area (Å²) < 4.78 is 0. The molecule has 6 heteroatoms. The van der Waals surface area contributed by atoms with Crippen molar-refractivity contribution in [2.75, 3.05) is 6.54 Å². The molecule has 0 aromatic rings. The van der Waals surface area contributed by atoms with Crippen molar-refractivity contribution in [3.05, 3.63) is 12.2 Å². The standard InChI is InChI=1S/C9H10B4NO/c10-9(11,12)14-4-3-5-1-2-6(15)8-7(5)13-8/h1-2,5,7-8,14H,3-4H2. The summed E-state index contributed by atoms with van der Waals surface area (Å²) in [5.41, 5.74) is 0. The van der Waals surface area contributed by atoms with Gasteiger partial charge in [0.2, 0.25) is 0 Å². The number of allylic oxidation sites excluding steroid dienone is 2. The maximum atomic E-state index is 11.2. The van der Waals surface area contributed by atoms with Crippen molar-refractivity contribution in [1.29, 1.82) is 0 Å². The molecule has 0 spiro atoms. The summed E-state index contributed by atoms with van der Waals surface area (Å²) in [6.45, 7) is 0.657. The molecule has 0 aromatic heterocycles. The largest absolute Gasteiger partial charge is 0.336 e. The summed E-state index contributed by atoms with van der Waals surface area (Å²) in [7, 11) is 18.2. The number of ketones is 1. The molecule has 0 bridgehead atoms. The van der Waals surface area contributed by atoms with Gasteiger partial charge >= 0.3 is 0 Å². The predicted octanol–water partition coefficient (Wildman–Crippen LogP) is -0.867. The van der Waals surface area contributed by atoms with Gasteiger partial charge in [-0.15, -0.1) is 0 Å². The van der Waals surface area contributed by atoms with Crippen molar-refractivity contribution in [2.24, 2.45) is 5.92 Å². The normalized spacial score (nSPS) is 33.3. The number of nitrogens with one attached hydrogen (secondary N) is 1. The highest BCUT2D eigenvalue weighted by Gasteiger charge is 2.48. The zero-order valence-electron chi connectivity index (χ0n) is 8.52. The van der Waals surface area contributed by atoms with Crippen LogP contribution in [0.2, 0.25) is 11.6 Å². The number of hydrogen-bond acceptors (Lipinski definition) is 2. The highest BCUT2D eigenvalue weighted by Crippen LogP contribution is 2.52. The zero-order valence-corrected chi connectivity index (χ0v) is 8.52. The Morgan fingerprint density at radius 3 is 2.87 bits per heavy atom. The van der Waals surface area contributed by atoms with Crippen LogP contribution in [0.5, 0.6) is 0 Å². The van der Waals surface area contributed by atoms with E-state index in [9.17, 15) is 4.79 Å². The lowest BCUT2D eigenvalue weighted by Gasteiger charge is -2.24. The topological polar surface area (TPSA) is 29.1 Å². The first-order chi connectivity index (χ1) is 6.97. The minimum atomic E-state index is -1.30. The van der Waals surface area contributed by atoms with E-state index in [4.69, 9.17) is 23.5 Å². The molecule has 0 amide bonds. The third-order valence-corrected chi connectivity index (χ3v) is 2.94. The van der Waals surface area contributed by atoms with Crippen LogP contribution < -0.4 is 5.32 Å². The Labute approximate surface area is 95.1 Å². The molecule has 2 nitrogen and oxygen atoms in total. The van der Waals surface area contributed by atoms with Crippen LogP contribution in [0, 0.1) is 5.92 Å². The summed E-state index contributed by atoms with van der Waals surface area (Å²) in [6, 6.07) is 0. The SMILES string of the molecule is [B]C([B])([B])NCCC1C=CC(=O)C2[B]C12. The van der Waals surface area contributed by atoms with E-state index < -0.39 is 5.24 Å². The van der Waals surface area contributed by atoms with E-state index in [1.165, 1.54) is 0 Å². The van der Waals surface area contributed by atoms with Crippen LogP contribution in [-0.2, 0) is 4.79 Å². The van der Waals surface area contributed by atoms with Crippen molar-refractivity contribution < 1.29 is 4.79 Å².